The third-order valence-corrected chi connectivity index (χ3v) is 5.41. The van der Waals surface area contributed by atoms with Crippen molar-refractivity contribution < 1.29 is 18.3 Å². The molecule has 0 aliphatic heterocycles. The van der Waals surface area contributed by atoms with Crippen molar-refractivity contribution in [3.63, 3.8) is 0 Å². The zero-order valence-electron chi connectivity index (χ0n) is 12.0. The predicted octanol–water partition coefficient (Wildman–Crippen LogP) is 4.74. The lowest BCUT2D eigenvalue weighted by Crippen LogP contribution is -2.30. The highest BCUT2D eigenvalue weighted by Gasteiger charge is 2.36. The van der Waals surface area contributed by atoms with Crippen LogP contribution in [0.5, 0.6) is 0 Å². The van der Waals surface area contributed by atoms with E-state index in [9.17, 15) is 18.3 Å². The van der Waals surface area contributed by atoms with Crippen molar-refractivity contribution >= 4 is 0 Å². The number of aliphatic hydroxyl groups excluding tert-OH is 1. The minimum atomic E-state index is -1.49. The van der Waals surface area contributed by atoms with Gasteiger partial charge in [-0.25, -0.2) is 13.2 Å². The van der Waals surface area contributed by atoms with E-state index in [0.29, 0.717) is 5.92 Å². The summed E-state index contributed by atoms with van der Waals surface area (Å²) >= 11 is 0. The van der Waals surface area contributed by atoms with Crippen LogP contribution in [0.4, 0.5) is 13.2 Å². The molecule has 0 saturated heterocycles. The van der Waals surface area contributed by atoms with Gasteiger partial charge in [0.15, 0.2) is 17.5 Å². The Balaban J connectivity index is 1.76. The Morgan fingerprint density at radius 1 is 0.905 bits per heavy atom. The lowest BCUT2D eigenvalue weighted by atomic mass is 9.66. The molecule has 0 spiro atoms. The molecule has 116 valence electrons. The molecular weight excluding hydrogens is 277 g/mol. The van der Waals surface area contributed by atoms with Crippen LogP contribution in [-0.2, 0) is 0 Å². The molecule has 1 aromatic carbocycles. The summed E-state index contributed by atoms with van der Waals surface area (Å²) in [5.41, 5.74) is -0.104. The lowest BCUT2D eigenvalue weighted by molar-refractivity contribution is 0.0325. The predicted molar refractivity (Wildman–Crippen MR) is 74.1 cm³/mol. The van der Waals surface area contributed by atoms with E-state index in [0.717, 1.165) is 31.2 Å². The molecule has 0 bridgehead atoms. The van der Waals surface area contributed by atoms with Crippen LogP contribution in [0.3, 0.4) is 0 Å². The first-order valence-corrected chi connectivity index (χ1v) is 7.89. The molecule has 0 aromatic heterocycles. The molecule has 0 heterocycles. The van der Waals surface area contributed by atoms with Gasteiger partial charge in [0, 0.05) is 5.56 Å². The van der Waals surface area contributed by atoms with Gasteiger partial charge in [-0.05, 0) is 43.1 Å². The van der Waals surface area contributed by atoms with E-state index >= 15 is 0 Å². The van der Waals surface area contributed by atoms with Crippen LogP contribution in [0.15, 0.2) is 12.1 Å². The Kier molecular flexibility index (Phi) is 4.25. The fourth-order valence-corrected chi connectivity index (χ4v) is 4.22. The largest absolute Gasteiger partial charge is 0.388 e. The van der Waals surface area contributed by atoms with Crippen LogP contribution in [0.1, 0.15) is 56.6 Å². The van der Waals surface area contributed by atoms with E-state index in [-0.39, 0.29) is 11.5 Å². The Labute approximate surface area is 123 Å². The van der Waals surface area contributed by atoms with Crippen LogP contribution in [0, 0.1) is 35.2 Å². The van der Waals surface area contributed by atoms with E-state index in [1.54, 1.807) is 0 Å². The van der Waals surface area contributed by atoms with Crippen molar-refractivity contribution in [1.82, 2.24) is 0 Å². The minimum absolute atomic E-state index is 0.0521. The lowest BCUT2D eigenvalue weighted by Gasteiger charge is -2.40. The summed E-state index contributed by atoms with van der Waals surface area (Å²) in [7, 11) is 0. The quantitative estimate of drug-likeness (QED) is 0.782. The van der Waals surface area contributed by atoms with E-state index in [1.165, 1.54) is 31.7 Å². The Bertz CT molecular complexity index is 517. The smallest absolute Gasteiger partial charge is 0.194 e. The molecule has 1 aromatic rings. The first-order valence-electron chi connectivity index (χ1n) is 7.89. The monoisotopic (exact) mass is 298 g/mol. The number of benzene rings is 1. The molecule has 21 heavy (non-hydrogen) atoms. The maximum Gasteiger partial charge on any atom is 0.194 e. The Hall–Kier alpha value is -1.03. The third-order valence-electron chi connectivity index (χ3n) is 5.41. The second kappa shape index (κ2) is 5.99. The van der Waals surface area contributed by atoms with Gasteiger partial charge < -0.3 is 5.11 Å². The van der Waals surface area contributed by atoms with E-state index < -0.39 is 23.6 Å². The van der Waals surface area contributed by atoms with Gasteiger partial charge in [0.05, 0.1) is 6.10 Å². The molecule has 4 atom stereocenters. The van der Waals surface area contributed by atoms with Gasteiger partial charge in [0.25, 0.3) is 0 Å². The maximum absolute atomic E-state index is 13.8. The van der Waals surface area contributed by atoms with Gasteiger partial charge in [0.1, 0.15) is 0 Å². The Morgan fingerprint density at radius 2 is 1.62 bits per heavy atom. The van der Waals surface area contributed by atoms with Gasteiger partial charge in [-0.1, -0.05) is 31.7 Å². The molecular formula is C17H21F3O. The summed E-state index contributed by atoms with van der Waals surface area (Å²) in [6, 6.07) is 2.06. The zero-order chi connectivity index (χ0) is 15.0. The van der Waals surface area contributed by atoms with Crippen molar-refractivity contribution in [2.75, 3.05) is 0 Å². The first kappa shape index (κ1) is 14.9. The maximum atomic E-state index is 13.8. The van der Waals surface area contributed by atoms with Crippen LogP contribution in [-0.4, -0.2) is 5.11 Å². The fourth-order valence-electron chi connectivity index (χ4n) is 4.22. The molecule has 1 N–H and O–H groups in total. The highest BCUT2D eigenvalue weighted by Crippen LogP contribution is 2.46. The minimum Gasteiger partial charge on any atom is -0.388 e. The molecule has 1 nitrogen and oxygen atoms in total. The molecule has 2 aliphatic rings. The van der Waals surface area contributed by atoms with Gasteiger partial charge >= 0.3 is 0 Å². The van der Waals surface area contributed by atoms with Gasteiger partial charge in [0.2, 0.25) is 0 Å². The number of rotatable bonds is 2. The summed E-state index contributed by atoms with van der Waals surface area (Å²) < 4.78 is 40.1. The van der Waals surface area contributed by atoms with E-state index in [4.69, 9.17) is 0 Å². The summed E-state index contributed by atoms with van der Waals surface area (Å²) in [6.07, 6.45) is 6.66. The SMILES string of the molecule is OC(c1ccc(F)c(F)c1F)C1CCC2CCCCC2C1. The van der Waals surface area contributed by atoms with E-state index in [1.807, 2.05) is 0 Å². The molecule has 0 amide bonds. The fraction of sp³-hybridized carbons (Fsp3) is 0.647. The molecule has 0 radical (unpaired) electrons. The number of hydrogen-bond donors (Lipinski definition) is 1. The van der Waals surface area contributed by atoms with Crippen molar-refractivity contribution in [3.8, 4) is 0 Å². The summed E-state index contributed by atoms with van der Waals surface area (Å²) in [5.74, 6) is -2.66. The van der Waals surface area contributed by atoms with Crippen molar-refractivity contribution in [1.29, 1.82) is 0 Å². The number of halogens is 3. The van der Waals surface area contributed by atoms with E-state index in [2.05, 4.69) is 0 Å². The average Bonchev–Trinajstić information content (AvgIpc) is 2.52. The van der Waals surface area contributed by atoms with Gasteiger partial charge in [-0.2, -0.15) is 0 Å². The molecule has 2 saturated carbocycles. The molecule has 4 heteroatoms. The van der Waals surface area contributed by atoms with Crippen LogP contribution >= 0.6 is 0 Å². The Morgan fingerprint density at radius 3 is 2.38 bits per heavy atom. The molecule has 2 fully saturated rings. The highest BCUT2D eigenvalue weighted by molar-refractivity contribution is 5.23. The molecule has 4 unspecified atom stereocenters. The summed E-state index contributed by atoms with van der Waals surface area (Å²) in [5, 5.41) is 10.4. The number of fused-ring (bicyclic) bond motifs is 1. The van der Waals surface area contributed by atoms with Crippen LogP contribution in [0.2, 0.25) is 0 Å². The molecule has 3 rings (SSSR count). The number of hydrogen-bond acceptors (Lipinski definition) is 1. The average molecular weight is 298 g/mol. The van der Waals surface area contributed by atoms with Crippen molar-refractivity contribution in [2.45, 2.75) is 51.0 Å². The van der Waals surface area contributed by atoms with Crippen molar-refractivity contribution in [3.05, 3.63) is 35.1 Å². The molecule has 2 aliphatic carbocycles. The van der Waals surface area contributed by atoms with Crippen LogP contribution in [0.25, 0.3) is 0 Å². The highest BCUT2D eigenvalue weighted by atomic mass is 19.2. The zero-order valence-corrected chi connectivity index (χ0v) is 12.0. The second-order valence-corrected chi connectivity index (χ2v) is 6.59. The normalized spacial score (nSPS) is 30.8. The third kappa shape index (κ3) is 2.83. The first-order chi connectivity index (χ1) is 10.1. The van der Waals surface area contributed by atoms with Gasteiger partial charge in [-0.15, -0.1) is 0 Å². The summed E-state index contributed by atoms with van der Waals surface area (Å²) in [6.45, 7) is 0. The number of aliphatic hydroxyl groups is 1. The van der Waals surface area contributed by atoms with Crippen LogP contribution < -0.4 is 0 Å². The summed E-state index contributed by atoms with van der Waals surface area (Å²) in [4.78, 5) is 0. The topological polar surface area (TPSA) is 20.2 Å². The van der Waals surface area contributed by atoms with Crippen molar-refractivity contribution in [2.24, 2.45) is 17.8 Å². The van der Waals surface area contributed by atoms with Gasteiger partial charge in [-0.3, -0.25) is 0 Å². The second-order valence-electron chi connectivity index (χ2n) is 6.59. The standard InChI is InChI=1S/C17H21F3O/c18-14-8-7-13(15(19)16(14)20)17(21)12-6-5-10-3-1-2-4-11(10)9-12/h7-8,10-12,17,21H,1-6,9H2.